The van der Waals surface area contributed by atoms with Gasteiger partial charge in [-0.2, -0.15) is 0 Å². The predicted molar refractivity (Wildman–Crippen MR) is 62.7 cm³/mol. The second kappa shape index (κ2) is 7.31. The van der Waals surface area contributed by atoms with E-state index >= 15 is 0 Å². The summed E-state index contributed by atoms with van der Waals surface area (Å²) in [5.74, 6) is 0.930. The van der Waals surface area contributed by atoms with E-state index in [1.54, 1.807) is 0 Å². The lowest BCUT2D eigenvalue weighted by molar-refractivity contribution is 0.237. The molecule has 1 atom stereocenters. The molecule has 0 spiro atoms. The molecule has 0 saturated heterocycles. The van der Waals surface area contributed by atoms with Gasteiger partial charge in [0.1, 0.15) is 12.4 Å². The highest BCUT2D eigenvalue weighted by Gasteiger charge is 1.95. The molecule has 1 unspecified atom stereocenters. The largest absolute Gasteiger partial charge is 0.491 e. The number of aryl methyl sites for hydroxylation is 1. The van der Waals surface area contributed by atoms with E-state index in [1.165, 1.54) is 0 Å². The summed E-state index contributed by atoms with van der Waals surface area (Å²) < 4.78 is 10.2. The molecule has 0 radical (unpaired) electrons. The first-order chi connectivity index (χ1) is 5.84. The molecule has 74 valence electrons. The molecule has 1 aromatic rings. The second-order valence-electron chi connectivity index (χ2n) is 2.48. The first kappa shape index (κ1) is 12.9. The molecular weight excluding hydrogens is 251 g/mol. The topological polar surface area (TPSA) is 18.5 Å². The quantitative estimate of drug-likeness (QED) is 0.615. The van der Waals surface area contributed by atoms with Crippen molar-refractivity contribution in [2.24, 2.45) is 0 Å². The third kappa shape index (κ3) is 4.61. The minimum Gasteiger partial charge on any atom is -0.491 e. The number of hydrogen-bond donors (Lipinski definition) is 0. The molecule has 0 aliphatic rings. The summed E-state index contributed by atoms with van der Waals surface area (Å²) in [6.07, 6.45) is 0. The monoisotopic (exact) mass is 264 g/mol. The van der Waals surface area contributed by atoms with Crippen LogP contribution in [0.4, 0.5) is 0 Å². The van der Waals surface area contributed by atoms with Gasteiger partial charge in [0.2, 0.25) is 0 Å². The molecule has 1 rings (SSSR count). The van der Waals surface area contributed by atoms with Crippen LogP contribution in [-0.2, 0) is 4.52 Å². The van der Waals surface area contributed by atoms with Crippen molar-refractivity contribution in [2.75, 3.05) is 13.2 Å². The van der Waals surface area contributed by atoms with Gasteiger partial charge in [0.25, 0.3) is 0 Å². The SMILES string of the molecule is Br.Cc1ccccc1OCCOP. The Hall–Kier alpha value is -0.110. The van der Waals surface area contributed by atoms with Crippen LogP contribution in [0, 0.1) is 6.92 Å². The predicted octanol–water partition coefficient (Wildman–Crippen LogP) is 2.76. The molecule has 2 nitrogen and oxygen atoms in total. The Morgan fingerprint density at radius 2 is 1.92 bits per heavy atom. The van der Waals surface area contributed by atoms with Gasteiger partial charge in [-0.3, -0.25) is 0 Å². The molecule has 0 bridgehead atoms. The van der Waals surface area contributed by atoms with E-state index < -0.39 is 0 Å². The fraction of sp³-hybridized carbons (Fsp3) is 0.333. The van der Waals surface area contributed by atoms with Crippen molar-refractivity contribution >= 4 is 26.4 Å². The highest BCUT2D eigenvalue weighted by molar-refractivity contribution is 8.93. The van der Waals surface area contributed by atoms with Crippen LogP contribution in [-0.4, -0.2) is 13.2 Å². The van der Waals surface area contributed by atoms with E-state index in [9.17, 15) is 0 Å². The molecule has 4 heteroatoms. The summed E-state index contributed by atoms with van der Waals surface area (Å²) in [5.41, 5.74) is 1.15. The van der Waals surface area contributed by atoms with Gasteiger partial charge in [0.05, 0.1) is 6.61 Å². The van der Waals surface area contributed by atoms with Gasteiger partial charge in [-0.05, 0) is 18.6 Å². The summed E-state index contributed by atoms with van der Waals surface area (Å²) in [7, 11) is 2.20. The first-order valence-corrected chi connectivity index (χ1v) is 4.32. The van der Waals surface area contributed by atoms with E-state index in [4.69, 9.17) is 9.26 Å². The van der Waals surface area contributed by atoms with E-state index in [0.29, 0.717) is 13.2 Å². The second-order valence-corrected chi connectivity index (χ2v) is 2.82. The Morgan fingerprint density at radius 1 is 1.23 bits per heavy atom. The van der Waals surface area contributed by atoms with Crippen LogP contribution in [0.3, 0.4) is 0 Å². The van der Waals surface area contributed by atoms with Gasteiger partial charge in [0.15, 0.2) is 0 Å². The highest BCUT2D eigenvalue weighted by atomic mass is 79.9. The lowest BCUT2D eigenvalue weighted by Crippen LogP contribution is -2.03. The molecule has 1 aromatic carbocycles. The summed E-state index contributed by atoms with van der Waals surface area (Å²) in [4.78, 5) is 0. The molecule has 0 amide bonds. The Morgan fingerprint density at radius 3 is 2.54 bits per heavy atom. The Kier molecular flexibility index (Phi) is 7.25. The molecular formula is C9H14BrO2P. The van der Waals surface area contributed by atoms with Crippen LogP contribution in [0.2, 0.25) is 0 Å². The van der Waals surface area contributed by atoms with Crippen molar-refractivity contribution in [3.8, 4) is 5.75 Å². The molecule has 0 aromatic heterocycles. The van der Waals surface area contributed by atoms with E-state index in [-0.39, 0.29) is 17.0 Å². The minimum atomic E-state index is 0. The van der Waals surface area contributed by atoms with Crippen LogP contribution in [0.25, 0.3) is 0 Å². The summed E-state index contributed by atoms with van der Waals surface area (Å²) >= 11 is 0. The average Bonchev–Trinajstić information content (AvgIpc) is 2.09. The molecule has 0 saturated carbocycles. The standard InChI is InChI=1S/C9H13O2P.BrH/c1-8-4-2-3-5-9(8)10-6-7-11-12;/h2-5H,6-7,12H2,1H3;1H. The van der Waals surface area contributed by atoms with Crippen molar-refractivity contribution in [3.63, 3.8) is 0 Å². The number of benzene rings is 1. The Balaban J connectivity index is 0.00000144. The zero-order chi connectivity index (χ0) is 8.81. The van der Waals surface area contributed by atoms with Gasteiger partial charge in [-0.25, -0.2) is 0 Å². The average molecular weight is 265 g/mol. The van der Waals surface area contributed by atoms with Crippen LogP contribution in [0.5, 0.6) is 5.75 Å². The van der Waals surface area contributed by atoms with Crippen LogP contribution >= 0.6 is 26.4 Å². The smallest absolute Gasteiger partial charge is 0.122 e. The molecule has 0 fully saturated rings. The van der Waals surface area contributed by atoms with Gasteiger partial charge < -0.3 is 9.26 Å². The van der Waals surface area contributed by atoms with Gasteiger partial charge in [-0.1, -0.05) is 18.2 Å². The van der Waals surface area contributed by atoms with Crippen LogP contribution in [0.15, 0.2) is 24.3 Å². The maximum atomic E-state index is 5.44. The number of ether oxygens (including phenoxy) is 1. The maximum absolute atomic E-state index is 5.44. The third-order valence-electron chi connectivity index (χ3n) is 1.55. The molecule has 0 heterocycles. The Bertz CT molecular complexity index is 243. The highest BCUT2D eigenvalue weighted by Crippen LogP contribution is 2.15. The fourth-order valence-corrected chi connectivity index (χ4v) is 1.01. The molecule has 0 aliphatic carbocycles. The van der Waals surface area contributed by atoms with Gasteiger partial charge >= 0.3 is 0 Å². The number of hydrogen-bond acceptors (Lipinski definition) is 2. The van der Waals surface area contributed by atoms with E-state index in [2.05, 4.69) is 9.47 Å². The van der Waals surface area contributed by atoms with Gasteiger partial charge in [-0.15, -0.1) is 17.0 Å². The van der Waals surface area contributed by atoms with Crippen molar-refractivity contribution < 1.29 is 9.26 Å². The van der Waals surface area contributed by atoms with Crippen molar-refractivity contribution in [1.82, 2.24) is 0 Å². The zero-order valence-corrected chi connectivity index (χ0v) is 10.4. The first-order valence-electron chi connectivity index (χ1n) is 3.84. The third-order valence-corrected chi connectivity index (χ3v) is 1.79. The normalized spacial score (nSPS) is 9.08. The molecule has 0 N–H and O–H groups in total. The minimum absolute atomic E-state index is 0. The molecule has 13 heavy (non-hydrogen) atoms. The van der Waals surface area contributed by atoms with E-state index in [0.717, 1.165) is 11.3 Å². The zero-order valence-electron chi connectivity index (χ0n) is 7.53. The molecule has 0 aliphatic heterocycles. The summed E-state index contributed by atoms with van der Waals surface area (Å²) in [6, 6.07) is 7.94. The lowest BCUT2D eigenvalue weighted by Gasteiger charge is -2.07. The van der Waals surface area contributed by atoms with Crippen molar-refractivity contribution in [1.29, 1.82) is 0 Å². The summed E-state index contributed by atoms with van der Waals surface area (Å²) in [5, 5.41) is 0. The Labute approximate surface area is 91.7 Å². The number of para-hydroxylation sites is 1. The number of rotatable bonds is 4. The fourth-order valence-electron chi connectivity index (χ4n) is 0.918. The van der Waals surface area contributed by atoms with Crippen LogP contribution in [0.1, 0.15) is 5.56 Å². The van der Waals surface area contributed by atoms with Crippen molar-refractivity contribution in [2.45, 2.75) is 6.92 Å². The lowest BCUT2D eigenvalue weighted by atomic mass is 10.2. The number of halogens is 1. The van der Waals surface area contributed by atoms with E-state index in [1.807, 2.05) is 31.2 Å². The van der Waals surface area contributed by atoms with Gasteiger partial charge in [0, 0.05) is 9.47 Å². The van der Waals surface area contributed by atoms with Crippen LogP contribution < -0.4 is 4.74 Å². The van der Waals surface area contributed by atoms with Crippen molar-refractivity contribution in [3.05, 3.63) is 29.8 Å². The summed E-state index contributed by atoms with van der Waals surface area (Å²) in [6.45, 7) is 3.21. The maximum Gasteiger partial charge on any atom is 0.122 e.